The van der Waals surface area contributed by atoms with Crippen molar-refractivity contribution in [2.75, 3.05) is 6.61 Å². The van der Waals surface area contributed by atoms with Gasteiger partial charge in [0.05, 0.1) is 0 Å². The minimum atomic E-state index is -2.97. The molecule has 2 rings (SSSR count). The molecule has 1 aromatic rings. The van der Waals surface area contributed by atoms with Crippen LogP contribution in [0.5, 0.6) is 0 Å². The van der Waals surface area contributed by atoms with Gasteiger partial charge in [-0.3, -0.25) is 9.36 Å². The van der Waals surface area contributed by atoms with Crippen LogP contribution in [0.25, 0.3) is 0 Å². The van der Waals surface area contributed by atoms with Crippen LogP contribution >= 0.6 is 0 Å². The molecule has 144 valence electrons. The molecule has 1 saturated heterocycles. The molecule has 11 heteroatoms. The number of aromatic nitrogens is 2. The van der Waals surface area contributed by atoms with Crippen molar-refractivity contribution in [2.45, 2.75) is 44.9 Å². The molecule has 0 aromatic carbocycles. The van der Waals surface area contributed by atoms with Crippen molar-refractivity contribution in [1.29, 1.82) is 0 Å². The number of halogens is 1. The summed E-state index contributed by atoms with van der Waals surface area (Å²) in [5, 5.41) is 28.6. The number of esters is 1. The highest BCUT2D eigenvalue weighted by Gasteiger charge is 2.56. The maximum atomic E-state index is 14.2. The van der Waals surface area contributed by atoms with E-state index >= 15 is 0 Å². The molecule has 26 heavy (non-hydrogen) atoms. The summed E-state index contributed by atoms with van der Waals surface area (Å²) >= 11 is 0. The third kappa shape index (κ3) is 3.75. The van der Waals surface area contributed by atoms with Crippen LogP contribution in [0, 0.1) is 0 Å². The van der Waals surface area contributed by atoms with E-state index < -0.39 is 54.8 Å². The Labute approximate surface area is 146 Å². The lowest BCUT2D eigenvalue weighted by Crippen LogP contribution is -2.44. The maximum absolute atomic E-state index is 14.2. The zero-order chi connectivity index (χ0) is 19.6. The summed E-state index contributed by atoms with van der Waals surface area (Å²) in [6, 6.07) is 0.912. The van der Waals surface area contributed by atoms with E-state index in [-0.39, 0.29) is 0 Å². The zero-order valence-electron chi connectivity index (χ0n) is 14.0. The number of hydrogen-bond acceptors (Lipinski definition) is 8. The summed E-state index contributed by atoms with van der Waals surface area (Å²) in [5.74, 6) is -3.75. The van der Waals surface area contributed by atoms with E-state index in [1.807, 2.05) is 0 Å². The first-order valence-electron chi connectivity index (χ1n) is 7.58. The van der Waals surface area contributed by atoms with Crippen molar-refractivity contribution in [2.24, 2.45) is 0 Å². The van der Waals surface area contributed by atoms with Crippen LogP contribution in [-0.4, -0.2) is 55.1 Å². The minimum Gasteiger partial charge on any atom is -0.440 e. The van der Waals surface area contributed by atoms with E-state index in [1.54, 1.807) is 13.8 Å². The SMILES string of the molecule is CC(C)=CC(=O)OCn1c(=O)ccn([C@@H]2O[C@](F)(CO)[C@@H](O)[C@H]2O)c1=O. The summed E-state index contributed by atoms with van der Waals surface area (Å²) in [7, 11) is 0. The Balaban J connectivity index is 2.33. The van der Waals surface area contributed by atoms with Gasteiger partial charge in [0, 0.05) is 18.3 Å². The van der Waals surface area contributed by atoms with Gasteiger partial charge in [-0.05, 0) is 13.8 Å². The highest BCUT2D eigenvalue weighted by atomic mass is 19.2. The van der Waals surface area contributed by atoms with Crippen molar-refractivity contribution < 1.29 is 34.0 Å². The molecular weight excluding hydrogens is 355 g/mol. The second kappa shape index (κ2) is 7.50. The van der Waals surface area contributed by atoms with Crippen molar-refractivity contribution in [1.82, 2.24) is 9.13 Å². The Morgan fingerprint density at radius 3 is 2.62 bits per heavy atom. The summed E-state index contributed by atoms with van der Waals surface area (Å²) in [5.41, 5.74) is -1.23. The number of alkyl halides is 1. The number of allylic oxidation sites excluding steroid dienone is 1. The first kappa shape index (κ1) is 20.0. The molecule has 2 heterocycles. The number of carbonyl (C=O) groups excluding carboxylic acids is 1. The summed E-state index contributed by atoms with van der Waals surface area (Å²) in [4.78, 5) is 35.8. The van der Waals surface area contributed by atoms with Gasteiger partial charge < -0.3 is 24.8 Å². The molecule has 0 bridgehead atoms. The van der Waals surface area contributed by atoms with Crippen LogP contribution in [-0.2, 0) is 21.0 Å². The Morgan fingerprint density at radius 1 is 1.42 bits per heavy atom. The van der Waals surface area contributed by atoms with Crippen molar-refractivity contribution in [3.05, 3.63) is 44.8 Å². The summed E-state index contributed by atoms with van der Waals surface area (Å²) < 4.78 is 24.9. The number of hydrogen-bond donors (Lipinski definition) is 3. The molecule has 0 radical (unpaired) electrons. The van der Waals surface area contributed by atoms with Crippen LogP contribution in [0.15, 0.2) is 33.5 Å². The lowest BCUT2D eigenvalue weighted by molar-refractivity contribution is -0.207. The molecule has 4 atom stereocenters. The largest absolute Gasteiger partial charge is 0.440 e. The zero-order valence-corrected chi connectivity index (χ0v) is 14.0. The van der Waals surface area contributed by atoms with E-state index in [2.05, 4.69) is 0 Å². The van der Waals surface area contributed by atoms with Crippen molar-refractivity contribution in [3.63, 3.8) is 0 Å². The molecule has 0 saturated carbocycles. The Hall–Kier alpha value is -2.34. The molecule has 0 spiro atoms. The topological polar surface area (TPSA) is 140 Å². The Kier molecular flexibility index (Phi) is 5.76. The Morgan fingerprint density at radius 2 is 2.08 bits per heavy atom. The third-order valence-electron chi connectivity index (χ3n) is 3.70. The fourth-order valence-corrected chi connectivity index (χ4v) is 2.35. The normalized spacial score (nSPS) is 28.0. The van der Waals surface area contributed by atoms with Crippen LogP contribution in [0.3, 0.4) is 0 Å². The average Bonchev–Trinajstić information content (AvgIpc) is 2.79. The van der Waals surface area contributed by atoms with Gasteiger partial charge in [-0.2, -0.15) is 0 Å². The fourth-order valence-electron chi connectivity index (χ4n) is 2.35. The predicted molar refractivity (Wildman–Crippen MR) is 83.5 cm³/mol. The molecule has 0 unspecified atom stereocenters. The second-order valence-electron chi connectivity index (χ2n) is 5.97. The molecule has 1 aliphatic rings. The molecule has 1 fully saturated rings. The molecule has 10 nitrogen and oxygen atoms in total. The number of aliphatic hydroxyl groups is 3. The van der Waals surface area contributed by atoms with E-state index in [9.17, 15) is 29.0 Å². The number of rotatable bonds is 5. The quantitative estimate of drug-likeness (QED) is 0.413. The number of ether oxygens (including phenoxy) is 2. The van der Waals surface area contributed by atoms with Gasteiger partial charge in [-0.15, -0.1) is 0 Å². The molecule has 0 aliphatic carbocycles. The molecular formula is C15H19FN2O8. The van der Waals surface area contributed by atoms with Crippen molar-refractivity contribution >= 4 is 5.97 Å². The third-order valence-corrected chi connectivity index (χ3v) is 3.70. The van der Waals surface area contributed by atoms with E-state index in [0.717, 1.165) is 18.3 Å². The van der Waals surface area contributed by atoms with Gasteiger partial charge in [0.1, 0.15) is 18.8 Å². The maximum Gasteiger partial charge on any atom is 0.335 e. The second-order valence-corrected chi connectivity index (χ2v) is 5.97. The highest BCUT2D eigenvalue weighted by molar-refractivity contribution is 5.82. The van der Waals surface area contributed by atoms with Gasteiger partial charge >= 0.3 is 11.7 Å². The lowest BCUT2D eigenvalue weighted by Gasteiger charge is -2.20. The van der Waals surface area contributed by atoms with Gasteiger partial charge in [0.15, 0.2) is 13.0 Å². The van der Waals surface area contributed by atoms with Crippen LogP contribution in [0.1, 0.15) is 20.1 Å². The van der Waals surface area contributed by atoms with E-state index in [1.165, 1.54) is 0 Å². The van der Waals surface area contributed by atoms with Gasteiger partial charge in [-0.25, -0.2) is 18.5 Å². The summed E-state index contributed by atoms with van der Waals surface area (Å²) in [6.45, 7) is 1.33. The first-order valence-corrected chi connectivity index (χ1v) is 7.58. The van der Waals surface area contributed by atoms with E-state index in [0.29, 0.717) is 14.7 Å². The van der Waals surface area contributed by atoms with Gasteiger partial charge in [0.2, 0.25) is 0 Å². The standard InChI is InChI=1S/C15H19FN2O8/c1-8(2)5-10(21)25-7-18-9(20)3-4-17(14(18)24)13-11(22)12(23)15(16,6-19)26-13/h3-5,11-13,19,22-23H,6-7H2,1-2H3/t11-,12+,13-,15-/m1/s1. The lowest BCUT2D eigenvalue weighted by atomic mass is 10.1. The molecule has 3 N–H and O–H groups in total. The smallest absolute Gasteiger partial charge is 0.335 e. The van der Waals surface area contributed by atoms with Gasteiger partial charge in [0.25, 0.3) is 11.4 Å². The fraction of sp³-hybridized carbons (Fsp3) is 0.533. The van der Waals surface area contributed by atoms with Crippen LogP contribution < -0.4 is 11.2 Å². The Bertz CT molecular complexity index is 828. The number of nitrogens with zero attached hydrogens (tertiary/aromatic N) is 2. The molecule has 1 aromatic heterocycles. The molecule has 0 amide bonds. The highest BCUT2D eigenvalue weighted by Crippen LogP contribution is 2.37. The van der Waals surface area contributed by atoms with Crippen LogP contribution in [0.4, 0.5) is 4.39 Å². The van der Waals surface area contributed by atoms with Crippen molar-refractivity contribution in [3.8, 4) is 0 Å². The predicted octanol–water partition coefficient (Wildman–Crippen LogP) is -1.61. The van der Waals surface area contributed by atoms with Crippen LogP contribution in [0.2, 0.25) is 0 Å². The van der Waals surface area contributed by atoms with E-state index in [4.69, 9.17) is 14.6 Å². The monoisotopic (exact) mass is 374 g/mol. The average molecular weight is 374 g/mol. The summed E-state index contributed by atoms with van der Waals surface area (Å²) in [6.07, 6.45) is -3.60. The number of carbonyl (C=O) groups is 1. The minimum absolute atomic E-state index is 0.524. The first-order chi connectivity index (χ1) is 12.1. The molecule has 1 aliphatic heterocycles. The van der Waals surface area contributed by atoms with Gasteiger partial charge in [-0.1, -0.05) is 5.57 Å². The number of aliphatic hydroxyl groups excluding tert-OH is 3.